The molecule has 1 heterocycles. The zero-order chi connectivity index (χ0) is 13.2. The number of hydrogen-bond acceptors (Lipinski definition) is 4. The number of aromatic nitrogens is 1. The Bertz CT molecular complexity index is 656. The quantitative estimate of drug-likeness (QED) is 0.905. The van der Waals surface area contributed by atoms with Gasteiger partial charge in [0.15, 0.2) is 5.82 Å². The first-order valence-corrected chi connectivity index (χ1v) is 7.25. The lowest BCUT2D eigenvalue weighted by atomic mass is 10.4. The Balaban J connectivity index is 2.33. The molecule has 0 amide bonds. The summed E-state index contributed by atoms with van der Waals surface area (Å²) in [7, 11) is -3.67. The molecule has 0 aliphatic carbocycles. The lowest BCUT2D eigenvalue weighted by Gasteiger charge is -2.08. The van der Waals surface area contributed by atoms with E-state index in [1.165, 1.54) is 18.3 Å². The van der Waals surface area contributed by atoms with Crippen molar-refractivity contribution in [1.29, 1.82) is 0 Å². The van der Waals surface area contributed by atoms with E-state index in [1.807, 2.05) is 0 Å². The molecular formula is C11H10BrN3O2S. The third-order valence-corrected chi connectivity index (χ3v) is 4.08. The number of benzene rings is 1. The molecule has 2 aromatic rings. The van der Waals surface area contributed by atoms with Crippen LogP contribution in [0.2, 0.25) is 0 Å². The van der Waals surface area contributed by atoms with E-state index >= 15 is 0 Å². The van der Waals surface area contributed by atoms with Crippen LogP contribution in [0.3, 0.4) is 0 Å². The van der Waals surface area contributed by atoms with Gasteiger partial charge in [-0.15, -0.1) is 0 Å². The van der Waals surface area contributed by atoms with E-state index in [-0.39, 0.29) is 16.4 Å². The van der Waals surface area contributed by atoms with E-state index < -0.39 is 10.0 Å². The van der Waals surface area contributed by atoms with Crippen LogP contribution in [-0.4, -0.2) is 13.4 Å². The highest BCUT2D eigenvalue weighted by molar-refractivity contribution is 9.10. The molecule has 1 aromatic heterocycles. The summed E-state index contributed by atoms with van der Waals surface area (Å²) in [4.78, 5) is 4.03. The molecular weight excluding hydrogens is 318 g/mol. The lowest BCUT2D eigenvalue weighted by Crippen LogP contribution is -2.15. The van der Waals surface area contributed by atoms with Crippen molar-refractivity contribution in [2.24, 2.45) is 0 Å². The molecule has 0 spiro atoms. The molecule has 7 heteroatoms. The molecule has 94 valence electrons. The van der Waals surface area contributed by atoms with Gasteiger partial charge in [-0.1, -0.05) is 15.9 Å². The highest BCUT2D eigenvalue weighted by Crippen LogP contribution is 2.20. The van der Waals surface area contributed by atoms with E-state index in [1.54, 1.807) is 24.3 Å². The van der Waals surface area contributed by atoms with Gasteiger partial charge in [-0.2, -0.15) is 0 Å². The standard InChI is InChI=1S/C11H10BrN3O2S/c12-8-3-5-9(6-4-8)18(16,17)15-11-10(13)2-1-7-14-11/h1-7H,13H2,(H,14,15). The van der Waals surface area contributed by atoms with Crippen LogP contribution in [0.1, 0.15) is 0 Å². The van der Waals surface area contributed by atoms with Gasteiger partial charge < -0.3 is 5.73 Å². The van der Waals surface area contributed by atoms with Gasteiger partial charge >= 0.3 is 0 Å². The molecule has 0 unspecified atom stereocenters. The van der Waals surface area contributed by atoms with Gasteiger partial charge in [0.1, 0.15) is 0 Å². The first kappa shape index (κ1) is 12.8. The smallest absolute Gasteiger partial charge is 0.263 e. The van der Waals surface area contributed by atoms with Crippen LogP contribution in [0.4, 0.5) is 11.5 Å². The first-order valence-electron chi connectivity index (χ1n) is 4.98. The highest BCUT2D eigenvalue weighted by Gasteiger charge is 2.15. The summed E-state index contributed by atoms with van der Waals surface area (Å²) in [5.74, 6) is 0.125. The SMILES string of the molecule is Nc1cccnc1NS(=O)(=O)c1ccc(Br)cc1. The van der Waals surface area contributed by atoms with Gasteiger partial charge in [0.25, 0.3) is 10.0 Å². The van der Waals surface area contributed by atoms with Crippen molar-refractivity contribution in [3.05, 3.63) is 47.1 Å². The molecule has 0 bridgehead atoms. The Morgan fingerprint density at radius 1 is 1.17 bits per heavy atom. The number of nitrogens with one attached hydrogen (secondary N) is 1. The minimum atomic E-state index is -3.67. The largest absolute Gasteiger partial charge is 0.396 e. The number of hydrogen-bond donors (Lipinski definition) is 2. The topological polar surface area (TPSA) is 85.1 Å². The fraction of sp³-hybridized carbons (Fsp3) is 0. The van der Waals surface area contributed by atoms with E-state index in [9.17, 15) is 8.42 Å². The molecule has 0 radical (unpaired) electrons. The maximum absolute atomic E-state index is 12.0. The lowest BCUT2D eigenvalue weighted by molar-refractivity contribution is 0.601. The Morgan fingerprint density at radius 3 is 2.44 bits per heavy atom. The van der Waals surface area contributed by atoms with Gasteiger partial charge in [0.05, 0.1) is 10.6 Å². The zero-order valence-corrected chi connectivity index (χ0v) is 11.6. The number of nitrogen functional groups attached to an aromatic ring is 1. The molecule has 0 saturated carbocycles. The molecule has 0 aliphatic rings. The molecule has 0 saturated heterocycles. The van der Waals surface area contributed by atoms with Crippen LogP contribution < -0.4 is 10.5 Å². The summed E-state index contributed by atoms with van der Waals surface area (Å²) in [6.07, 6.45) is 1.47. The second-order valence-electron chi connectivity index (χ2n) is 3.50. The third kappa shape index (κ3) is 2.80. The summed E-state index contributed by atoms with van der Waals surface area (Å²) in [5.41, 5.74) is 5.91. The Hall–Kier alpha value is -1.60. The molecule has 5 nitrogen and oxygen atoms in total. The minimum absolute atomic E-state index is 0.125. The Labute approximate surface area is 113 Å². The summed E-state index contributed by atoms with van der Waals surface area (Å²) in [5, 5.41) is 0. The van der Waals surface area contributed by atoms with Crippen molar-refractivity contribution < 1.29 is 8.42 Å². The summed E-state index contributed by atoms with van der Waals surface area (Å²) >= 11 is 3.24. The monoisotopic (exact) mass is 327 g/mol. The van der Waals surface area contributed by atoms with Gasteiger partial charge in [-0.05, 0) is 36.4 Å². The zero-order valence-electron chi connectivity index (χ0n) is 9.17. The van der Waals surface area contributed by atoms with E-state index in [0.29, 0.717) is 0 Å². The van der Waals surface area contributed by atoms with Crippen LogP contribution in [0.25, 0.3) is 0 Å². The van der Waals surface area contributed by atoms with Crippen molar-refractivity contribution >= 4 is 37.5 Å². The normalized spacial score (nSPS) is 11.2. The predicted octanol–water partition coefficient (Wildman–Crippen LogP) is 2.23. The molecule has 3 N–H and O–H groups in total. The van der Waals surface area contributed by atoms with Crippen LogP contribution in [0.5, 0.6) is 0 Å². The van der Waals surface area contributed by atoms with Crippen molar-refractivity contribution in [2.45, 2.75) is 4.90 Å². The molecule has 0 fully saturated rings. The highest BCUT2D eigenvalue weighted by atomic mass is 79.9. The van der Waals surface area contributed by atoms with Crippen molar-refractivity contribution in [1.82, 2.24) is 4.98 Å². The van der Waals surface area contributed by atoms with Gasteiger partial charge in [-0.25, -0.2) is 13.4 Å². The van der Waals surface area contributed by atoms with E-state index in [0.717, 1.165) is 4.47 Å². The first-order chi connectivity index (χ1) is 8.49. The number of anilines is 2. The average Bonchev–Trinajstić information content (AvgIpc) is 2.32. The number of rotatable bonds is 3. The number of halogens is 1. The number of nitrogens with zero attached hydrogens (tertiary/aromatic N) is 1. The fourth-order valence-electron chi connectivity index (χ4n) is 1.30. The summed E-state index contributed by atoms with van der Waals surface area (Å²) in [6.45, 7) is 0. The fourth-order valence-corrected chi connectivity index (χ4v) is 2.60. The molecule has 0 atom stereocenters. The second kappa shape index (κ2) is 4.95. The van der Waals surface area contributed by atoms with Crippen molar-refractivity contribution in [2.75, 3.05) is 10.5 Å². The Kier molecular flexibility index (Phi) is 3.53. The second-order valence-corrected chi connectivity index (χ2v) is 6.10. The minimum Gasteiger partial charge on any atom is -0.396 e. The molecule has 2 rings (SSSR count). The average molecular weight is 328 g/mol. The van der Waals surface area contributed by atoms with Gasteiger partial charge in [0, 0.05) is 10.7 Å². The molecule has 18 heavy (non-hydrogen) atoms. The predicted molar refractivity (Wildman–Crippen MR) is 73.6 cm³/mol. The van der Waals surface area contributed by atoms with Crippen molar-refractivity contribution in [3.63, 3.8) is 0 Å². The van der Waals surface area contributed by atoms with Gasteiger partial charge in [0.2, 0.25) is 0 Å². The maximum atomic E-state index is 12.0. The summed E-state index contributed by atoms with van der Waals surface area (Å²) < 4.78 is 27.2. The molecule has 0 aliphatic heterocycles. The van der Waals surface area contributed by atoms with Crippen LogP contribution >= 0.6 is 15.9 Å². The third-order valence-electron chi connectivity index (χ3n) is 2.19. The van der Waals surface area contributed by atoms with Crippen LogP contribution in [0, 0.1) is 0 Å². The van der Waals surface area contributed by atoms with Crippen LogP contribution in [-0.2, 0) is 10.0 Å². The van der Waals surface area contributed by atoms with E-state index in [2.05, 4.69) is 25.6 Å². The molecule has 1 aromatic carbocycles. The van der Waals surface area contributed by atoms with E-state index in [4.69, 9.17) is 5.73 Å². The summed E-state index contributed by atoms with van der Waals surface area (Å²) in [6, 6.07) is 9.49. The van der Waals surface area contributed by atoms with Gasteiger partial charge in [-0.3, -0.25) is 4.72 Å². The van der Waals surface area contributed by atoms with Crippen molar-refractivity contribution in [3.8, 4) is 0 Å². The maximum Gasteiger partial charge on any atom is 0.263 e. The number of sulfonamides is 1. The number of nitrogens with two attached hydrogens (primary N) is 1. The number of pyridine rings is 1. The van der Waals surface area contributed by atoms with Crippen LogP contribution in [0.15, 0.2) is 52.0 Å². The Morgan fingerprint density at radius 2 is 1.83 bits per heavy atom.